The van der Waals surface area contributed by atoms with Gasteiger partial charge in [-0.05, 0) is 24.6 Å². The molecule has 1 aliphatic rings. The van der Waals surface area contributed by atoms with E-state index in [1.54, 1.807) is 18.2 Å². The Kier molecular flexibility index (Phi) is 1.74. The first-order chi connectivity index (χ1) is 5.68. The molecule has 1 aromatic carbocycles. The fourth-order valence-electron chi connectivity index (χ4n) is 1.39. The van der Waals surface area contributed by atoms with Gasteiger partial charge in [-0.25, -0.2) is 0 Å². The topological polar surface area (TPSA) is 46.2 Å². The first-order valence-corrected chi connectivity index (χ1v) is 4.30. The lowest BCUT2D eigenvalue weighted by atomic mass is 10.1. The van der Waals surface area contributed by atoms with Crippen LogP contribution < -0.4 is 5.73 Å². The standard InChI is InChI=1S/C9H10ClNO/c10-5-1-2-9(12)7(3-5)6-4-8(6)11/h1-3,6,8,12H,4,11H2/t6-,8+/m0/s1. The van der Waals surface area contributed by atoms with E-state index >= 15 is 0 Å². The summed E-state index contributed by atoms with van der Waals surface area (Å²) in [6, 6.07) is 5.28. The Morgan fingerprint density at radius 1 is 1.50 bits per heavy atom. The molecular weight excluding hydrogens is 174 g/mol. The van der Waals surface area contributed by atoms with Crippen molar-refractivity contribution in [2.75, 3.05) is 0 Å². The van der Waals surface area contributed by atoms with Crippen LogP contribution >= 0.6 is 11.6 Å². The molecule has 0 aromatic heterocycles. The fourth-order valence-corrected chi connectivity index (χ4v) is 1.58. The minimum atomic E-state index is 0.203. The van der Waals surface area contributed by atoms with Crippen molar-refractivity contribution in [3.63, 3.8) is 0 Å². The van der Waals surface area contributed by atoms with Crippen LogP contribution in [0.2, 0.25) is 5.02 Å². The summed E-state index contributed by atoms with van der Waals surface area (Å²) in [6.07, 6.45) is 0.952. The Hall–Kier alpha value is -0.730. The zero-order valence-corrected chi connectivity index (χ0v) is 7.25. The van der Waals surface area contributed by atoms with Crippen molar-refractivity contribution in [3.05, 3.63) is 28.8 Å². The summed E-state index contributed by atoms with van der Waals surface area (Å²) >= 11 is 5.78. The molecule has 0 bridgehead atoms. The number of benzene rings is 1. The molecule has 1 aromatic rings. The third-order valence-electron chi connectivity index (χ3n) is 2.23. The van der Waals surface area contributed by atoms with Crippen LogP contribution in [0.15, 0.2) is 18.2 Å². The molecule has 3 N–H and O–H groups in total. The van der Waals surface area contributed by atoms with E-state index in [0.29, 0.717) is 16.7 Å². The molecule has 1 aliphatic carbocycles. The lowest BCUT2D eigenvalue weighted by molar-refractivity contribution is 0.468. The number of rotatable bonds is 1. The Bertz CT molecular complexity index is 313. The highest BCUT2D eigenvalue weighted by atomic mass is 35.5. The summed E-state index contributed by atoms with van der Waals surface area (Å²) in [5, 5.41) is 10.1. The lowest BCUT2D eigenvalue weighted by Crippen LogP contribution is -2.00. The average Bonchev–Trinajstić information content (AvgIpc) is 2.73. The number of phenolic OH excluding ortho intramolecular Hbond substituents is 1. The van der Waals surface area contributed by atoms with Crippen LogP contribution in [0.4, 0.5) is 0 Å². The molecule has 2 atom stereocenters. The van der Waals surface area contributed by atoms with Gasteiger partial charge in [0.1, 0.15) is 5.75 Å². The average molecular weight is 184 g/mol. The molecule has 0 aliphatic heterocycles. The minimum Gasteiger partial charge on any atom is -0.508 e. The van der Waals surface area contributed by atoms with Gasteiger partial charge >= 0.3 is 0 Å². The van der Waals surface area contributed by atoms with Crippen molar-refractivity contribution in [1.82, 2.24) is 0 Å². The van der Waals surface area contributed by atoms with Gasteiger partial charge in [-0.1, -0.05) is 11.6 Å². The SMILES string of the molecule is N[C@@H]1C[C@H]1c1cc(Cl)ccc1O. The van der Waals surface area contributed by atoms with Crippen LogP contribution in [-0.2, 0) is 0 Å². The molecular formula is C9H10ClNO. The fraction of sp³-hybridized carbons (Fsp3) is 0.333. The summed E-state index contributed by atoms with van der Waals surface area (Å²) in [5.74, 6) is 0.612. The summed E-state index contributed by atoms with van der Waals surface area (Å²) in [6.45, 7) is 0. The first-order valence-electron chi connectivity index (χ1n) is 3.92. The summed E-state index contributed by atoms with van der Waals surface area (Å²) in [4.78, 5) is 0. The van der Waals surface area contributed by atoms with Crippen LogP contribution in [0.1, 0.15) is 17.9 Å². The molecule has 2 rings (SSSR count). The zero-order valence-electron chi connectivity index (χ0n) is 6.50. The second-order valence-electron chi connectivity index (χ2n) is 3.21. The third-order valence-corrected chi connectivity index (χ3v) is 2.46. The number of halogens is 1. The van der Waals surface area contributed by atoms with E-state index < -0.39 is 0 Å². The van der Waals surface area contributed by atoms with E-state index in [9.17, 15) is 5.11 Å². The maximum absolute atomic E-state index is 9.45. The highest BCUT2D eigenvalue weighted by Gasteiger charge is 2.36. The van der Waals surface area contributed by atoms with Gasteiger partial charge in [0.25, 0.3) is 0 Å². The van der Waals surface area contributed by atoms with Crippen LogP contribution in [0, 0.1) is 0 Å². The normalized spacial score (nSPS) is 27.2. The maximum atomic E-state index is 9.45. The quantitative estimate of drug-likeness (QED) is 0.698. The van der Waals surface area contributed by atoms with Crippen molar-refractivity contribution in [2.24, 2.45) is 5.73 Å². The molecule has 3 heteroatoms. The van der Waals surface area contributed by atoms with E-state index in [-0.39, 0.29) is 6.04 Å². The molecule has 0 amide bonds. The van der Waals surface area contributed by atoms with Gasteiger partial charge < -0.3 is 10.8 Å². The predicted molar refractivity (Wildman–Crippen MR) is 48.5 cm³/mol. The number of nitrogens with two attached hydrogens (primary N) is 1. The highest BCUT2D eigenvalue weighted by Crippen LogP contribution is 2.43. The Morgan fingerprint density at radius 2 is 2.17 bits per heavy atom. The second kappa shape index (κ2) is 2.64. The summed E-state index contributed by atoms with van der Waals surface area (Å²) < 4.78 is 0. The first kappa shape index (κ1) is 7.90. The smallest absolute Gasteiger partial charge is 0.119 e. The largest absolute Gasteiger partial charge is 0.508 e. The number of aromatic hydroxyl groups is 1. The van der Waals surface area contributed by atoms with Gasteiger partial charge in [-0.3, -0.25) is 0 Å². The van der Waals surface area contributed by atoms with Crippen molar-refractivity contribution in [2.45, 2.75) is 18.4 Å². The molecule has 0 unspecified atom stereocenters. The molecule has 0 saturated heterocycles. The van der Waals surface area contributed by atoms with E-state index in [4.69, 9.17) is 17.3 Å². The maximum Gasteiger partial charge on any atom is 0.119 e. The van der Waals surface area contributed by atoms with Gasteiger partial charge in [0.15, 0.2) is 0 Å². The van der Waals surface area contributed by atoms with Gasteiger partial charge in [-0.15, -0.1) is 0 Å². The van der Waals surface area contributed by atoms with Crippen LogP contribution in [-0.4, -0.2) is 11.1 Å². The van der Waals surface area contributed by atoms with E-state index in [1.165, 1.54) is 0 Å². The number of phenols is 1. The van der Waals surface area contributed by atoms with E-state index in [0.717, 1.165) is 12.0 Å². The molecule has 2 nitrogen and oxygen atoms in total. The van der Waals surface area contributed by atoms with Crippen LogP contribution in [0.3, 0.4) is 0 Å². The van der Waals surface area contributed by atoms with E-state index in [1.807, 2.05) is 0 Å². The van der Waals surface area contributed by atoms with Gasteiger partial charge in [0.05, 0.1) is 0 Å². The third kappa shape index (κ3) is 1.28. The second-order valence-corrected chi connectivity index (χ2v) is 3.65. The zero-order chi connectivity index (χ0) is 8.72. The summed E-state index contributed by atoms with van der Waals surface area (Å²) in [5.41, 5.74) is 6.55. The molecule has 1 saturated carbocycles. The van der Waals surface area contributed by atoms with E-state index in [2.05, 4.69) is 0 Å². The number of hydrogen-bond acceptors (Lipinski definition) is 2. The predicted octanol–water partition coefficient (Wildman–Crippen LogP) is 1.86. The Labute approximate surface area is 76.0 Å². The minimum absolute atomic E-state index is 0.203. The molecule has 64 valence electrons. The lowest BCUT2D eigenvalue weighted by Gasteiger charge is -2.02. The Balaban J connectivity index is 2.36. The molecule has 0 heterocycles. The van der Waals surface area contributed by atoms with Crippen LogP contribution in [0.5, 0.6) is 5.75 Å². The van der Waals surface area contributed by atoms with Gasteiger partial charge in [-0.2, -0.15) is 0 Å². The van der Waals surface area contributed by atoms with Gasteiger partial charge in [0.2, 0.25) is 0 Å². The van der Waals surface area contributed by atoms with Crippen LogP contribution in [0.25, 0.3) is 0 Å². The van der Waals surface area contributed by atoms with Gasteiger partial charge in [0, 0.05) is 22.5 Å². The highest BCUT2D eigenvalue weighted by molar-refractivity contribution is 6.30. The van der Waals surface area contributed by atoms with Crippen molar-refractivity contribution >= 4 is 11.6 Å². The monoisotopic (exact) mass is 183 g/mol. The van der Waals surface area contributed by atoms with Crippen molar-refractivity contribution in [3.8, 4) is 5.75 Å². The molecule has 0 radical (unpaired) electrons. The summed E-state index contributed by atoms with van der Waals surface area (Å²) in [7, 11) is 0. The molecule has 12 heavy (non-hydrogen) atoms. The van der Waals surface area contributed by atoms with Crippen molar-refractivity contribution < 1.29 is 5.11 Å². The molecule has 1 fully saturated rings. The number of hydrogen-bond donors (Lipinski definition) is 2. The van der Waals surface area contributed by atoms with Crippen molar-refractivity contribution in [1.29, 1.82) is 0 Å². The molecule has 0 spiro atoms. The Morgan fingerprint density at radius 3 is 2.75 bits per heavy atom.